The zero-order valence-corrected chi connectivity index (χ0v) is 13.9. The summed E-state index contributed by atoms with van der Waals surface area (Å²) in [4.78, 5) is 8.92. The molecule has 0 N–H and O–H groups in total. The van der Waals surface area contributed by atoms with Crippen molar-refractivity contribution in [2.45, 2.75) is 20.5 Å². The van der Waals surface area contributed by atoms with Crippen LogP contribution < -0.4 is 0 Å². The number of hydrogen-bond acceptors (Lipinski definition) is 3. The third-order valence-corrected chi connectivity index (χ3v) is 4.51. The minimum absolute atomic E-state index is 0.429. The van der Waals surface area contributed by atoms with E-state index in [4.69, 9.17) is 16.3 Å². The van der Waals surface area contributed by atoms with Gasteiger partial charge in [-0.1, -0.05) is 35.4 Å². The summed E-state index contributed by atoms with van der Waals surface area (Å²) in [5.41, 5.74) is 4.18. The molecule has 2 aromatic rings. The predicted molar refractivity (Wildman–Crippen MR) is 85.4 cm³/mol. The van der Waals surface area contributed by atoms with Crippen molar-refractivity contribution in [2.75, 3.05) is 7.11 Å². The van der Waals surface area contributed by atoms with Gasteiger partial charge in [-0.3, -0.25) is 0 Å². The third-order valence-electron chi connectivity index (χ3n) is 2.78. The summed E-state index contributed by atoms with van der Waals surface area (Å²) in [6.45, 7) is 4.54. The summed E-state index contributed by atoms with van der Waals surface area (Å²) < 4.78 is 5.99. The highest BCUT2D eigenvalue weighted by Crippen LogP contribution is 2.26. The highest BCUT2D eigenvalue weighted by molar-refractivity contribution is 14.1. The van der Waals surface area contributed by atoms with Gasteiger partial charge in [0.2, 0.25) is 0 Å². The van der Waals surface area contributed by atoms with Gasteiger partial charge in [-0.15, -0.1) is 0 Å². The zero-order chi connectivity index (χ0) is 14.0. The summed E-state index contributed by atoms with van der Waals surface area (Å²) in [6, 6.07) is 6.19. The van der Waals surface area contributed by atoms with Crippen molar-refractivity contribution in [1.82, 2.24) is 9.97 Å². The molecule has 0 aliphatic rings. The third kappa shape index (κ3) is 3.24. The molecule has 0 saturated heterocycles. The molecule has 1 aromatic carbocycles. The average Bonchev–Trinajstić information content (AvgIpc) is 2.35. The van der Waals surface area contributed by atoms with Crippen LogP contribution in [0.4, 0.5) is 0 Å². The van der Waals surface area contributed by atoms with Gasteiger partial charge in [0.05, 0.1) is 15.9 Å². The lowest BCUT2D eigenvalue weighted by atomic mass is 10.1. The fourth-order valence-electron chi connectivity index (χ4n) is 1.88. The molecule has 0 aliphatic carbocycles. The fraction of sp³-hybridized carbons (Fsp3) is 0.286. The van der Waals surface area contributed by atoms with Gasteiger partial charge in [-0.05, 0) is 42.0 Å². The van der Waals surface area contributed by atoms with Crippen molar-refractivity contribution >= 4 is 34.2 Å². The molecule has 0 radical (unpaired) electrons. The molecule has 100 valence electrons. The number of hydrogen-bond donors (Lipinski definition) is 0. The standard InChI is InChI=1S/C14H14ClIN2O/c1-8-4-5-10(9(2)6-8)14-17-11(7-19-3)12(16)13(15)18-14/h4-6H,7H2,1-3H3. The first-order chi connectivity index (χ1) is 9.02. The lowest BCUT2D eigenvalue weighted by Gasteiger charge is -2.10. The van der Waals surface area contributed by atoms with Crippen LogP contribution in [0.25, 0.3) is 11.4 Å². The van der Waals surface area contributed by atoms with Crippen molar-refractivity contribution in [1.29, 1.82) is 0 Å². The number of aromatic nitrogens is 2. The van der Waals surface area contributed by atoms with Crippen LogP contribution in [0.1, 0.15) is 16.8 Å². The lowest BCUT2D eigenvalue weighted by molar-refractivity contribution is 0.181. The number of nitrogens with zero attached hydrogens (tertiary/aromatic N) is 2. The Morgan fingerprint density at radius 1 is 1.26 bits per heavy atom. The second kappa shape index (κ2) is 6.15. The first kappa shape index (κ1) is 14.7. The van der Waals surface area contributed by atoms with Gasteiger partial charge in [0.1, 0.15) is 5.15 Å². The van der Waals surface area contributed by atoms with E-state index in [2.05, 4.69) is 45.5 Å². The van der Waals surface area contributed by atoms with Crippen molar-refractivity contribution < 1.29 is 4.74 Å². The maximum absolute atomic E-state index is 6.17. The molecule has 0 fully saturated rings. The molecular weight excluding hydrogens is 375 g/mol. The van der Waals surface area contributed by atoms with Gasteiger partial charge < -0.3 is 4.74 Å². The largest absolute Gasteiger partial charge is 0.378 e. The Morgan fingerprint density at radius 3 is 2.63 bits per heavy atom. The number of benzene rings is 1. The fourth-order valence-corrected chi connectivity index (χ4v) is 2.47. The smallest absolute Gasteiger partial charge is 0.161 e. The van der Waals surface area contributed by atoms with Gasteiger partial charge in [-0.2, -0.15) is 0 Å². The van der Waals surface area contributed by atoms with Crippen LogP contribution in [0.5, 0.6) is 0 Å². The molecular formula is C14H14ClIN2O. The number of rotatable bonds is 3. The molecule has 0 amide bonds. The predicted octanol–water partition coefficient (Wildman–Crippen LogP) is 4.16. The van der Waals surface area contributed by atoms with Gasteiger partial charge in [0.15, 0.2) is 5.82 Å². The summed E-state index contributed by atoms with van der Waals surface area (Å²) in [5, 5.41) is 0.470. The number of methoxy groups -OCH3 is 1. The van der Waals surface area contributed by atoms with Crippen LogP contribution in [0.2, 0.25) is 5.15 Å². The molecule has 3 nitrogen and oxygen atoms in total. The monoisotopic (exact) mass is 388 g/mol. The van der Waals surface area contributed by atoms with Gasteiger partial charge in [0.25, 0.3) is 0 Å². The molecule has 19 heavy (non-hydrogen) atoms. The maximum atomic E-state index is 6.17. The Hall–Kier alpha value is -0.720. The molecule has 0 aliphatic heterocycles. The van der Waals surface area contributed by atoms with E-state index in [9.17, 15) is 0 Å². The zero-order valence-electron chi connectivity index (χ0n) is 11.0. The molecule has 0 bridgehead atoms. The van der Waals surface area contributed by atoms with Crippen molar-refractivity contribution in [3.05, 3.63) is 43.7 Å². The van der Waals surface area contributed by atoms with Crippen LogP contribution >= 0.6 is 34.2 Å². The molecule has 0 atom stereocenters. The van der Waals surface area contributed by atoms with Gasteiger partial charge in [-0.25, -0.2) is 9.97 Å². The highest BCUT2D eigenvalue weighted by atomic mass is 127. The Bertz CT molecular complexity index is 617. The summed E-state index contributed by atoms with van der Waals surface area (Å²) in [6.07, 6.45) is 0. The van der Waals surface area contributed by atoms with Crippen LogP contribution in [-0.4, -0.2) is 17.1 Å². The van der Waals surface area contributed by atoms with E-state index in [0.29, 0.717) is 17.6 Å². The van der Waals surface area contributed by atoms with Gasteiger partial charge >= 0.3 is 0 Å². The molecule has 1 aromatic heterocycles. The van der Waals surface area contributed by atoms with E-state index >= 15 is 0 Å². The minimum Gasteiger partial charge on any atom is -0.378 e. The van der Waals surface area contributed by atoms with E-state index in [1.54, 1.807) is 7.11 Å². The first-order valence-corrected chi connectivity index (χ1v) is 7.27. The molecule has 2 rings (SSSR count). The van der Waals surface area contributed by atoms with Gasteiger partial charge in [0, 0.05) is 12.7 Å². The molecule has 1 heterocycles. The first-order valence-electron chi connectivity index (χ1n) is 5.81. The molecule has 0 saturated carbocycles. The Morgan fingerprint density at radius 2 is 2.00 bits per heavy atom. The van der Waals surface area contributed by atoms with Crippen molar-refractivity contribution in [3.8, 4) is 11.4 Å². The van der Waals surface area contributed by atoms with Crippen LogP contribution in [0.3, 0.4) is 0 Å². The summed E-state index contributed by atoms with van der Waals surface area (Å²) in [5.74, 6) is 0.648. The topological polar surface area (TPSA) is 35.0 Å². The second-order valence-electron chi connectivity index (χ2n) is 4.35. The number of ether oxygens (including phenoxy) is 1. The van der Waals surface area contributed by atoms with E-state index in [0.717, 1.165) is 20.4 Å². The Labute approximate surface area is 131 Å². The maximum Gasteiger partial charge on any atom is 0.161 e. The average molecular weight is 389 g/mol. The molecule has 5 heteroatoms. The van der Waals surface area contributed by atoms with E-state index in [1.165, 1.54) is 5.56 Å². The Kier molecular flexibility index (Phi) is 4.76. The Balaban J connectivity index is 2.56. The second-order valence-corrected chi connectivity index (χ2v) is 5.79. The minimum atomic E-state index is 0.429. The number of aryl methyl sites for hydroxylation is 2. The van der Waals surface area contributed by atoms with Crippen molar-refractivity contribution in [3.63, 3.8) is 0 Å². The van der Waals surface area contributed by atoms with Crippen LogP contribution in [-0.2, 0) is 11.3 Å². The van der Waals surface area contributed by atoms with E-state index < -0.39 is 0 Å². The SMILES string of the molecule is COCc1nc(-c2ccc(C)cc2C)nc(Cl)c1I. The quantitative estimate of drug-likeness (QED) is 0.585. The molecule has 0 unspecified atom stereocenters. The lowest BCUT2D eigenvalue weighted by Crippen LogP contribution is -2.02. The van der Waals surface area contributed by atoms with Crippen molar-refractivity contribution in [2.24, 2.45) is 0 Å². The summed E-state index contributed by atoms with van der Waals surface area (Å²) in [7, 11) is 1.64. The normalized spacial score (nSPS) is 10.8. The van der Waals surface area contributed by atoms with E-state index in [1.807, 2.05) is 19.1 Å². The van der Waals surface area contributed by atoms with Crippen LogP contribution in [0, 0.1) is 17.4 Å². The number of halogens is 2. The van der Waals surface area contributed by atoms with Crippen LogP contribution in [0.15, 0.2) is 18.2 Å². The van der Waals surface area contributed by atoms with E-state index in [-0.39, 0.29) is 0 Å². The molecule has 0 spiro atoms. The highest BCUT2D eigenvalue weighted by Gasteiger charge is 2.13. The summed E-state index contributed by atoms with van der Waals surface area (Å²) >= 11 is 8.32.